The predicted molar refractivity (Wildman–Crippen MR) is 144 cm³/mol. The molecule has 0 saturated carbocycles. The zero-order valence-corrected chi connectivity index (χ0v) is 22.0. The van der Waals surface area contributed by atoms with Crippen LogP contribution in [0.15, 0.2) is 67.4 Å². The molecule has 204 valence electrons. The molecule has 0 saturated heterocycles. The molecular formula is C27H26FN9O3. The number of nitrogens with two attached hydrogens (primary N) is 1. The quantitative estimate of drug-likeness (QED) is 0.216. The van der Waals surface area contributed by atoms with Gasteiger partial charge in [0.1, 0.15) is 11.7 Å². The molecule has 2 unspecified atom stereocenters. The van der Waals surface area contributed by atoms with Gasteiger partial charge >= 0.3 is 5.76 Å². The number of rotatable bonds is 6. The van der Waals surface area contributed by atoms with Crippen molar-refractivity contribution in [2.45, 2.75) is 45.3 Å². The molecule has 0 fully saturated rings. The van der Waals surface area contributed by atoms with Crippen molar-refractivity contribution in [1.29, 1.82) is 0 Å². The SMILES string of the molecule is C/C=C(\N=C(N)C1Cc2c([nH]c3ccccc23)C(c2noc(C)n2)(c2nn(CC)c(=O)o2)N1)c1ccc(F)cn1. The Hall–Kier alpha value is -4.91. The van der Waals surface area contributed by atoms with Crippen LogP contribution in [-0.2, 0) is 18.5 Å². The second-order valence-electron chi connectivity index (χ2n) is 9.37. The fourth-order valence-corrected chi connectivity index (χ4v) is 5.06. The van der Waals surface area contributed by atoms with Crippen molar-refractivity contribution in [3.8, 4) is 0 Å². The van der Waals surface area contributed by atoms with Crippen LogP contribution in [0.1, 0.15) is 48.4 Å². The van der Waals surface area contributed by atoms with Gasteiger partial charge in [0.05, 0.1) is 29.3 Å². The van der Waals surface area contributed by atoms with Crippen LogP contribution in [0.4, 0.5) is 4.39 Å². The smallest absolute Gasteiger partial charge is 0.389 e. The number of aromatic nitrogens is 6. The molecule has 0 amide bonds. The normalized spacial score (nSPS) is 19.8. The van der Waals surface area contributed by atoms with E-state index in [9.17, 15) is 9.18 Å². The average Bonchev–Trinajstić information content (AvgIpc) is 3.68. The van der Waals surface area contributed by atoms with Crippen LogP contribution in [-0.4, -0.2) is 41.8 Å². The topological polar surface area (TPSA) is 166 Å². The number of para-hydroxylation sites is 1. The summed E-state index contributed by atoms with van der Waals surface area (Å²) >= 11 is 0. The average molecular weight is 544 g/mol. The minimum Gasteiger partial charge on any atom is -0.389 e. The molecule has 1 aromatic carbocycles. The Morgan fingerprint density at radius 1 is 1.32 bits per heavy atom. The van der Waals surface area contributed by atoms with Crippen molar-refractivity contribution in [1.82, 2.24) is 35.2 Å². The van der Waals surface area contributed by atoms with E-state index in [4.69, 9.17) is 14.7 Å². The molecule has 1 aliphatic heterocycles. The number of hydrogen-bond acceptors (Lipinski definition) is 9. The Kier molecular flexibility index (Phi) is 6.14. The van der Waals surface area contributed by atoms with Gasteiger partial charge in [-0.3, -0.25) is 10.3 Å². The maximum atomic E-state index is 13.5. The molecule has 0 spiro atoms. The minimum atomic E-state index is -1.47. The summed E-state index contributed by atoms with van der Waals surface area (Å²) in [5.74, 6) is -0.335. The number of H-pyrrole nitrogens is 1. The van der Waals surface area contributed by atoms with E-state index in [-0.39, 0.29) is 17.6 Å². The van der Waals surface area contributed by atoms with Crippen molar-refractivity contribution in [3.05, 3.63) is 99.6 Å². The summed E-state index contributed by atoms with van der Waals surface area (Å²) in [5.41, 5.74) is 8.52. The Morgan fingerprint density at radius 2 is 2.15 bits per heavy atom. The van der Waals surface area contributed by atoms with Crippen molar-refractivity contribution in [3.63, 3.8) is 0 Å². The highest BCUT2D eigenvalue weighted by molar-refractivity contribution is 5.93. The lowest BCUT2D eigenvalue weighted by atomic mass is 9.82. The molecule has 5 heterocycles. The fourth-order valence-electron chi connectivity index (χ4n) is 5.06. The Balaban J connectivity index is 1.58. The zero-order valence-electron chi connectivity index (χ0n) is 22.0. The molecule has 0 radical (unpaired) electrons. The zero-order chi connectivity index (χ0) is 28.0. The van der Waals surface area contributed by atoms with Crippen LogP contribution in [0, 0.1) is 12.7 Å². The number of nitrogens with zero attached hydrogens (tertiary/aromatic N) is 6. The first kappa shape index (κ1) is 25.4. The number of nitrogens with one attached hydrogen (secondary N) is 2. The van der Waals surface area contributed by atoms with Gasteiger partial charge in [-0.1, -0.05) is 29.4 Å². The van der Waals surface area contributed by atoms with Crippen LogP contribution >= 0.6 is 0 Å². The van der Waals surface area contributed by atoms with Gasteiger partial charge in [-0.25, -0.2) is 14.2 Å². The van der Waals surface area contributed by atoms with Gasteiger partial charge in [0.2, 0.25) is 17.3 Å². The summed E-state index contributed by atoms with van der Waals surface area (Å²) in [7, 11) is 0. The number of hydrogen-bond donors (Lipinski definition) is 3. The molecule has 2 atom stereocenters. The van der Waals surface area contributed by atoms with E-state index < -0.39 is 23.2 Å². The molecule has 5 aromatic rings. The third kappa shape index (κ3) is 4.02. The predicted octanol–water partition coefficient (Wildman–Crippen LogP) is 2.79. The van der Waals surface area contributed by atoms with Gasteiger partial charge in [-0.2, -0.15) is 9.67 Å². The Bertz CT molecular complexity index is 1830. The standard InChI is InChI=1S/C27H26FN9O3/c1-4-18(20-11-10-15(28)13-30-20)33-23(29)21-12-17-16-8-6-7-9-19(16)32-22(17)27(34-21,24-31-14(3)40-36-24)25-35-37(5-2)26(38)39-25/h4,6-11,13,21,32,34H,5,12H2,1-3H3,(H2,29,33)/b18-4-. The first-order valence-electron chi connectivity index (χ1n) is 12.7. The number of allylic oxidation sites excluding steroid dienone is 1. The van der Waals surface area contributed by atoms with Crippen LogP contribution in [0.25, 0.3) is 16.6 Å². The van der Waals surface area contributed by atoms with Gasteiger partial charge in [0.15, 0.2) is 0 Å². The third-order valence-corrected chi connectivity index (χ3v) is 6.95. The monoisotopic (exact) mass is 543 g/mol. The number of aryl methyl sites for hydroxylation is 2. The maximum absolute atomic E-state index is 13.5. The summed E-state index contributed by atoms with van der Waals surface area (Å²) in [5, 5.41) is 13.2. The van der Waals surface area contributed by atoms with Crippen LogP contribution in [0.5, 0.6) is 0 Å². The lowest BCUT2D eigenvalue weighted by Crippen LogP contribution is -2.59. The summed E-state index contributed by atoms with van der Waals surface area (Å²) in [6, 6.07) is 10.0. The van der Waals surface area contributed by atoms with Crippen molar-refractivity contribution in [2.75, 3.05) is 0 Å². The number of pyridine rings is 1. The molecule has 6 rings (SSSR count). The van der Waals surface area contributed by atoms with E-state index in [0.29, 0.717) is 35.9 Å². The fraction of sp³-hybridized carbons (Fsp3) is 0.259. The number of fused-ring (bicyclic) bond motifs is 3. The highest BCUT2D eigenvalue weighted by atomic mass is 19.1. The molecule has 13 heteroatoms. The summed E-state index contributed by atoms with van der Waals surface area (Å²) < 4.78 is 25.8. The number of aromatic amines is 1. The van der Waals surface area contributed by atoms with Crippen molar-refractivity contribution >= 4 is 22.4 Å². The Labute approximate surface area is 226 Å². The van der Waals surface area contributed by atoms with Crippen LogP contribution in [0.3, 0.4) is 0 Å². The number of benzene rings is 1. The molecule has 0 bridgehead atoms. The lowest BCUT2D eigenvalue weighted by Gasteiger charge is -2.37. The van der Waals surface area contributed by atoms with Crippen molar-refractivity contribution < 1.29 is 13.3 Å². The van der Waals surface area contributed by atoms with Crippen molar-refractivity contribution in [2.24, 2.45) is 10.7 Å². The maximum Gasteiger partial charge on any atom is 0.437 e. The number of halogens is 1. The molecule has 4 N–H and O–H groups in total. The first-order chi connectivity index (χ1) is 19.3. The molecule has 0 aliphatic carbocycles. The molecular weight excluding hydrogens is 517 g/mol. The second-order valence-corrected chi connectivity index (χ2v) is 9.37. The molecule has 12 nitrogen and oxygen atoms in total. The highest BCUT2D eigenvalue weighted by Gasteiger charge is 2.53. The van der Waals surface area contributed by atoms with E-state index in [1.807, 2.05) is 24.3 Å². The molecule has 1 aliphatic rings. The minimum absolute atomic E-state index is 0.0249. The van der Waals surface area contributed by atoms with Gasteiger partial charge in [-0.15, -0.1) is 5.10 Å². The van der Waals surface area contributed by atoms with Gasteiger partial charge < -0.3 is 19.7 Å². The van der Waals surface area contributed by atoms with E-state index in [0.717, 1.165) is 22.7 Å². The van der Waals surface area contributed by atoms with E-state index >= 15 is 0 Å². The Morgan fingerprint density at radius 3 is 2.83 bits per heavy atom. The molecule has 4 aromatic heterocycles. The van der Waals surface area contributed by atoms with Gasteiger partial charge in [0, 0.05) is 24.4 Å². The lowest BCUT2D eigenvalue weighted by molar-refractivity contribution is 0.288. The summed E-state index contributed by atoms with van der Waals surface area (Å²) in [4.78, 5) is 29.5. The second kappa shape index (κ2) is 9.68. The summed E-state index contributed by atoms with van der Waals surface area (Å²) in [6.45, 7) is 5.55. The van der Waals surface area contributed by atoms with Gasteiger partial charge in [-0.05, 0) is 44.0 Å². The molecule has 40 heavy (non-hydrogen) atoms. The van der Waals surface area contributed by atoms with E-state index in [1.54, 1.807) is 26.8 Å². The number of aliphatic imine (C=N–C) groups is 1. The highest BCUT2D eigenvalue weighted by Crippen LogP contribution is 2.42. The van der Waals surface area contributed by atoms with Gasteiger partial charge in [0.25, 0.3) is 5.89 Å². The first-order valence-corrected chi connectivity index (χ1v) is 12.7. The van der Waals surface area contributed by atoms with Crippen LogP contribution in [0.2, 0.25) is 0 Å². The third-order valence-electron chi connectivity index (χ3n) is 6.95. The largest absolute Gasteiger partial charge is 0.437 e. The van der Waals surface area contributed by atoms with E-state index in [1.165, 1.54) is 16.8 Å². The number of amidine groups is 1. The van der Waals surface area contributed by atoms with E-state index in [2.05, 4.69) is 35.5 Å². The van der Waals surface area contributed by atoms with Crippen LogP contribution < -0.4 is 16.8 Å². The summed E-state index contributed by atoms with van der Waals surface area (Å²) in [6.07, 6.45) is 3.29.